The van der Waals surface area contributed by atoms with Crippen LogP contribution in [-0.2, 0) is 22.1 Å². The van der Waals surface area contributed by atoms with Crippen molar-refractivity contribution in [1.82, 2.24) is 10.2 Å². The summed E-state index contributed by atoms with van der Waals surface area (Å²) in [5, 5.41) is 2.79. The van der Waals surface area contributed by atoms with Gasteiger partial charge in [0.25, 0.3) is 0 Å². The summed E-state index contributed by atoms with van der Waals surface area (Å²) in [6.45, 7) is 3.93. The summed E-state index contributed by atoms with van der Waals surface area (Å²) < 4.78 is 44.0. The molecule has 1 aliphatic rings. The molecular weight excluding hydrogens is 333 g/mol. The molecule has 0 aromatic heterocycles. The highest BCUT2D eigenvalue weighted by atomic mass is 19.4. The predicted octanol–water partition coefficient (Wildman–Crippen LogP) is 2.72. The van der Waals surface area contributed by atoms with Crippen LogP contribution in [0.5, 0.6) is 0 Å². The Morgan fingerprint density at radius 3 is 2.84 bits per heavy atom. The number of hydrogen-bond acceptors (Lipinski definition) is 3. The lowest BCUT2D eigenvalue weighted by molar-refractivity contribution is -0.138. The van der Waals surface area contributed by atoms with E-state index in [1.165, 1.54) is 18.2 Å². The van der Waals surface area contributed by atoms with Gasteiger partial charge in [0.05, 0.1) is 18.6 Å². The summed E-state index contributed by atoms with van der Waals surface area (Å²) in [4.78, 5) is 14.4. The molecule has 1 atom stereocenters. The zero-order chi connectivity index (χ0) is 18.3. The predicted molar refractivity (Wildman–Crippen MR) is 89.2 cm³/mol. The van der Waals surface area contributed by atoms with Gasteiger partial charge in [0, 0.05) is 26.7 Å². The SMILES string of the molecule is COCCN1CCC[C@@H](CNC(=O)Cc2ccccc2C(F)(F)F)C1. The van der Waals surface area contributed by atoms with Crippen molar-refractivity contribution in [2.45, 2.75) is 25.4 Å². The molecule has 1 saturated heterocycles. The van der Waals surface area contributed by atoms with E-state index < -0.39 is 11.7 Å². The van der Waals surface area contributed by atoms with Crippen molar-refractivity contribution >= 4 is 5.91 Å². The van der Waals surface area contributed by atoms with Gasteiger partial charge in [-0.15, -0.1) is 0 Å². The van der Waals surface area contributed by atoms with E-state index in [1.54, 1.807) is 7.11 Å². The van der Waals surface area contributed by atoms with Crippen molar-refractivity contribution < 1.29 is 22.7 Å². The molecule has 0 bridgehead atoms. The first kappa shape index (κ1) is 19.7. The lowest BCUT2D eigenvalue weighted by Gasteiger charge is -2.32. The number of methoxy groups -OCH3 is 1. The molecule has 0 unspecified atom stereocenters. The maximum Gasteiger partial charge on any atom is 0.416 e. The first-order chi connectivity index (χ1) is 11.9. The number of piperidine rings is 1. The molecule has 1 aromatic rings. The quantitative estimate of drug-likeness (QED) is 0.815. The van der Waals surface area contributed by atoms with Gasteiger partial charge in [0.2, 0.25) is 5.91 Å². The Morgan fingerprint density at radius 2 is 2.12 bits per heavy atom. The van der Waals surface area contributed by atoms with E-state index in [9.17, 15) is 18.0 Å². The summed E-state index contributed by atoms with van der Waals surface area (Å²) in [5.74, 6) is -0.0434. The Bertz CT molecular complexity index is 563. The van der Waals surface area contributed by atoms with Gasteiger partial charge in [-0.25, -0.2) is 0 Å². The average molecular weight is 358 g/mol. The number of nitrogens with one attached hydrogen (secondary N) is 1. The van der Waals surface area contributed by atoms with Crippen molar-refractivity contribution in [2.24, 2.45) is 5.92 Å². The molecule has 0 saturated carbocycles. The van der Waals surface area contributed by atoms with E-state index in [0.717, 1.165) is 38.5 Å². The van der Waals surface area contributed by atoms with Crippen molar-refractivity contribution in [3.05, 3.63) is 35.4 Å². The Balaban J connectivity index is 1.83. The number of rotatable bonds is 7. The van der Waals surface area contributed by atoms with Gasteiger partial charge in [-0.05, 0) is 36.9 Å². The molecule has 1 N–H and O–H groups in total. The molecular formula is C18H25F3N2O2. The molecule has 7 heteroatoms. The number of alkyl halides is 3. The molecule has 0 radical (unpaired) electrons. The Kier molecular flexibility index (Phi) is 7.25. The second-order valence-electron chi connectivity index (χ2n) is 6.44. The third-order valence-corrected chi connectivity index (χ3v) is 4.48. The summed E-state index contributed by atoms with van der Waals surface area (Å²) in [6.07, 6.45) is -2.62. The van der Waals surface area contributed by atoms with E-state index >= 15 is 0 Å². The van der Waals surface area contributed by atoms with Crippen molar-refractivity contribution in [2.75, 3.05) is 39.9 Å². The first-order valence-electron chi connectivity index (χ1n) is 8.53. The van der Waals surface area contributed by atoms with E-state index in [4.69, 9.17) is 4.74 Å². The number of halogens is 3. The normalized spacial score (nSPS) is 19.0. The number of ether oxygens (including phenoxy) is 1. The number of benzene rings is 1. The van der Waals surface area contributed by atoms with Gasteiger partial charge in [0.1, 0.15) is 0 Å². The topological polar surface area (TPSA) is 41.6 Å². The van der Waals surface area contributed by atoms with Crippen LogP contribution in [0.25, 0.3) is 0 Å². The number of nitrogens with zero attached hydrogens (tertiary/aromatic N) is 1. The third-order valence-electron chi connectivity index (χ3n) is 4.48. The standard InChI is InChI=1S/C18H25F3N2O2/c1-25-10-9-23-8-4-5-14(13-23)12-22-17(24)11-15-6-2-3-7-16(15)18(19,20)21/h2-3,6-7,14H,4-5,8-13H2,1H3,(H,22,24)/t14-/m0/s1. The average Bonchev–Trinajstić information content (AvgIpc) is 2.58. The van der Waals surface area contributed by atoms with Crippen molar-refractivity contribution in [3.8, 4) is 0 Å². The molecule has 1 aromatic carbocycles. The number of carbonyl (C=O) groups is 1. The zero-order valence-electron chi connectivity index (χ0n) is 14.4. The van der Waals surface area contributed by atoms with E-state index in [2.05, 4.69) is 10.2 Å². The molecule has 2 rings (SSSR count). The highest BCUT2D eigenvalue weighted by Gasteiger charge is 2.33. The monoisotopic (exact) mass is 358 g/mol. The van der Waals surface area contributed by atoms with E-state index in [1.807, 2.05) is 0 Å². The van der Waals surface area contributed by atoms with Crippen LogP contribution in [0.2, 0.25) is 0 Å². The van der Waals surface area contributed by atoms with Crippen LogP contribution in [0, 0.1) is 5.92 Å². The number of carbonyl (C=O) groups excluding carboxylic acids is 1. The van der Waals surface area contributed by atoms with Crippen LogP contribution in [0.15, 0.2) is 24.3 Å². The molecule has 4 nitrogen and oxygen atoms in total. The number of hydrogen-bond donors (Lipinski definition) is 1. The van der Waals surface area contributed by atoms with Gasteiger partial charge < -0.3 is 15.0 Å². The summed E-state index contributed by atoms with van der Waals surface area (Å²) in [7, 11) is 1.67. The van der Waals surface area contributed by atoms with Crippen LogP contribution < -0.4 is 5.32 Å². The summed E-state index contributed by atoms with van der Waals surface area (Å²) >= 11 is 0. The lowest BCUT2D eigenvalue weighted by Crippen LogP contribution is -2.42. The molecule has 0 spiro atoms. The first-order valence-corrected chi connectivity index (χ1v) is 8.53. The number of amides is 1. The molecule has 1 aliphatic heterocycles. The number of likely N-dealkylation sites (tertiary alicyclic amines) is 1. The highest BCUT2D eigenvalue weighted by molar-refractivity contribution is 5.79. The third kappa shape index (κ3) is 6.32. The minimum Gasteiger partial charge on any atom is -0.383 e. The Labute approximate surface area is 146 Å². The fourth-order valence-corrected chi connectivity index (χ4v) is 3.19. The molecule has 1 heterocycles. The van der Waals surface area contributed by atoms with Gasteiger partial charge in [-0.1, -0.05) is 18.2 Å². The van der Waals surface area contributed by atoms with Crippen LogP contribution >= 0.6 is 0 Å². The largest absolute Gasteiger partial charge is 0.416 e. The minimum atomic E-state index is -4.44. The van der Waals surface area contributed by atoms with Crippen LogP contribution in [0.3, 0.4) is 0 Å². The maximum absolute atomic E-state index is 13.0. The fourth-order valence-electron chi connectivity index (χ4n) is 3.19. The second kappa shape index (κ2) is 9.20. The van der Waals surface area contributed by atoms with E-state index in [-0.39, 0.29) is 17.9 Å². The van der Waals surface area contributed by atoms with Crippen LogP contribution in [0.4, 0.5) is 13.2 Å². The van der Waals surface area contributed by atoms with Gasteiger partial charge in [0.15, 0.2) is 0 Å². The fraction of sp³-hybridized carbons (Fsp3) is 0.611. The van der Waals surface area contributed by atoms with Gasteiger partial charge in [-0.2, -0.15) is 13.2 Å². The zero-order valence-corrected chi connectivity index (χ0v) is 14.4. The minimum absolute atomic E-state index is 0.0119. The van der Waals surface area contributed by atoms with Crippen molar-refractivity contribution in [1.29, 1.82) is 0 Å². The smallest absolute Gasteiger partial charge is 0.383 e. The van der Waals surface area contributed by atoms with Crippen molar-refractivity contribution in [3.63, 3.8) is 0 Å². The molecule has 0 aliphatic carbocycles. The molecule has 140 valence electrons. The van der Waals surface area contributed by atoms with Gasteiger partial charge >= 0.3 is 6.18 Å². The van der Waals surface area contributed by atoms with Gasteiger partial charge in [-0.3, -0.25) is 4.79 Å². The highest BCUT2D eigenvalue weighted by Crippen LogP contribution is 2.32. The van der Waals surface area contributed by atoms with Crippen LogP contribution in [0.1, 0.15) is 24.0 Å². The summed E-state index contributed by atoms with van der Waals surface area (Å²) in [5.41, 5.74) is -0.730. The Morgan fingerprint density at radius 1 is 1.36 bits per heavy atom. The molecule has 1 fully saturated rings. The molecule has 1 amide bonds. The summed E-state index contributed by atoms with van der Waals surface area (Å²) in [6, 6.07) is 5.22. The maximum atomic E-state index is 13.0. The Hall–Kier alpha value is -1.60. The molecule has 25 heavy (non-hydrogen) atoms. The van der Waals surface area contributed by atoms with E-state index in [0.29, 0.717) is 19.1 Å². The van der Waals surface area contributed by atoms with Crippen LogP contribution in [-0.4, -0.2) is 50.7 Å². The lowest BCUT2D eigenvalue weighted by atomic mass is 9.97. The second-order valence-corrected chi connectivity index (χ2v) is 6.44.